The van der Waals surface area contributed by atoms with Crippen molar-refractivity contribution in [2.45, 2.75) is 37.4 Å². The van der Waals surface area contributed by atoms with Crippen molar-refractivity contribution < 1.29 is 9.18 Å². The lowest BCUT2D eigenvalue weighted by atomic mass is 10.0. The van der Waals surface area contributed by atoms with Gasteiger partial charge in [-0.15, -0.1) is 0 Å². The number of rotatable bonds is 3. The van der Waals surface area contributed by atoms with Crippen LogP contribution in [0.5, 0.6) is 0 Å². The maximum absolute atomic E-state index is 13.1. The number of nitrogens with one attached hydrogen (secondary N) is 2. The molecule has 4 rings (SSSR count). The number of amides is 1. The number of piperidine rings is 1. The third-order valence-corrected chi connectivity index (χ3v) is 6.30. The lowest BCUT2D eigenvalue weighted by molar-refractivity contribution is -0.135. The first-order valence-electron chi connectivity index (χ1n) is 10.1. The van der Waals surface area contributed by atoms with Crippen molar-refractivity contribution in [3.8, 4) is 0 Å². The van der Waals surface area contributed by atoms with E-state index in [4.69, 9.17) is 0 Å². The molecule has 0 bridgehead atoms. The van der Waals surface area contributed by atoms with Gasteiger partial charge in [0.25, 0.3) is 0 Å². The van der Waals surface area contributed by atoms with Crippen molar-refractivity contribution in [1.82, 2.24) is 25.6 Å². The number of likely N-dealkylation sites (tertiary alicyclic amines) is 1. The highest BCUT2D eigenvalue weighted by atomic mass is 19.1. The fraction of sp³-hybridized carbons (Fsp3) is 0.650. The van der Waals surface area contributed by atoms with E-state index in [0.717, 1.165) is 31.7 Å². The zero-order valence-corrected chi connectivity index (χ0v) is 16.0. The van der Waals surface area contributed by atoms with Crippen molar-refractivity contribution >= 4 is 5.91 Å². The second-order valence-corrected chi connectivity index (χ2v) is 8.08. The van der Waals surface area contributed by atoms with Crippen LogP contribution in [0.3, 0.4) is 0 Å². The van der Waals surface area contributed by atoms with Gasteiger partial charge in [0.05, 0.1) is 0 Å². The maximum atomic E-state index is 13.1. The summed E-state index contributed by atoms with van der Waals surface area (Å²) in [6.45, 7) is 5.91. The largest absolute Gasteiger partial charge is 0.339 e. The predicted octanol–water partition coefficient (Wildman–Crippen LogP) is 0.972. The van der Waals surface area contributed by atoms with Crippen LogP contribution in [0.1, 0.15) is 30.9 Å². The number of hydrogen-bond donors (Lipinski definition) is 2. The summed E-state index contributed by atoms with van der Waals surface area (Å²) in [5.41, 5.74) is 7.34. The fourth-order valence-corrected chi connectivity index (χ4v) is 4.52. The monoisotopic (exact) mass is 375 g/mol. The van der Waals surface area contributed by atoms with Gasteiger partial charge in [-0.1, -0.05) is 12.1 Å². The predicted molar refractivity (Wildman–Crippen MR) is 102 cm³/mol. The standard InChI is InChI=1S/C20H30FN5O/c1-24-8-6-17(7-9-24)25-10-12-26(13-11-25)20(27)19-14-18(22-23-19)15-2-4-16(21)5-3-15/h2-5,17-19,22-23H,6-14H2,1H3. The van der Waals surface area contributed by atoms with Gasteiger partial charge in [0.2, 0.25) is 5.91 Å². The van der Waals surface area contributed by atoms with E-state index in [9.17, 15) is 9.18 Å². The molecule has 0 saturated carbocycles. The molecule has 1 aromatic rings. The average molecular weight is 375 g/mol. The van der Waals surface area contributed by atoms with Crippen LogP contribution in [0.25, 0.3) is 0 Å². The molecule has 3 aliphatic rings. The Labute approximate surface area is 160 Å². The highest BCUT2D eigenvalue weighted by Crippen LogP contribution is 2.24. The number of halogens is 1. The Morgan fingerprint density at radius 2 is 1.67 bits per heavy atom. The summed E-state index contributed by atoms with van der Waals surface area (Å²) in [6.07, 6.45) is 3.16. The Morgan fingerprint density at radius 3 is 2.33 bits per heavy atom. The fourth-order valence-electron chi connectivity index (χ4n) is 4.52. The first kappa shape index (κ1) is 18.8. The molecule has 6 nitrogen and oxygen atoms in total. The molecule has 2 atom stereocenters. The van der Waals surface area contributed by atoms with Gasteiger partial charge in [0.1, 0.15) is 11.9 Å². The van der Waals surface area contributed by atoms with Gasteiger partial charge in [-0.25, -0.2) is 15.2 Å². The Kier molecular flexibility index (Phi) is 5.73. The van der Waals surface area contributed by atoms with Crippen LogP contribution in [0.2, 0.25) is 0 Å². The molecule has 0 aromatic heterocycles. The number of carbonyl (C=O) groups is 1. The van der Waals surface area contributed by atoms with E-state index in [1.165, 1.54) is 38.1 Å². The third kappa shape index (κ3) is 4.32. The second-order valence-electron chi connectivity index (χ2n) is 8.08. The summed E-state index contributed by atoms with van der Waals surface area (Å²) in [5, 5.41) is 0. The highest BCUT2D eigenvalue weighted by molar-refractivity contribution is 5.82. The Bertz CT molecular complexity index is 638. The first-order chi connectivity index (χ1) is 13.1. The molecule has 3 aliphatic heterocycles. The summed E-state index contributed by atoms with van der Waals surface area (Å²) < 4.78 is 13.1. The molecule has 7 heteroatoms. The zero-order chi connectivity index (χ0) is 18.8. The number of carbonyl (C=O) groups excluding carboxylic acids is 1. The van der Waals surface area contributed by atoms with Crippen LogP contribution in [0, 0.1) is 5.82 Å². The summed E-state index contributed by atoms with van der Waals surface area (Å²) in [6, 6.07) is 7.00. The number of nitrogens with zero attached hydrogens (tertiary/aromatic N) is 3. The second kappa shape index (κ2) is 8.22. The number of hydrogen-bond acceptors (Lipinski definition) is 5. The minimum Gasteiger partial charge on any atom is -0.339 e. The molecule has 3 saturated heterocycles. The SMILES string of the molecule is CN1CCC(N2CCN(C(=O)C3CC(c4ccc(F)cc4)NN3)CC2)CC1. The van der Waals surface area contributed by atoms with E-state index in [-0.39, 0.29) is 23.8 Å². The Hall–Kier alpha value is -1.54. The molecule has 0 radical (unpaired) electrons. The zero-order valence-electron chi connectivity index (χ0n) is 16.0. The normalized spacial score (nSPS) is 28.6. The topological polar surface area (TPSA) is 50.9 Å². The van der Waals surface area contributed by atoms with E-state index in [1.807, 2.05) is 4.90 Å². The van der Waals surface area contributed by atoms with E-state index in [2.05, 4.69) is 27.7 Å². The summed E-state index contributed by atoms with van der Waals surface area (Å²) >= 11 is 0. The van der Waals surface area contributed by atoms with Gasteiger partial charge in [-0.05, 0) is 57.1 Å². The van der Waals surface area contributed by atoms with E-state index in [1.54, 1.807) is 12.1 Å². The lowest BCUT2D eigenvalue weighted by Crippen LogP contribution is -2.56. The van der Waals surface area contributed by atoms with Crippen molar-refractivity contribution in [3.05, 3.63) is 35.6 Å². The molecule has 148 valence electrons. The van der Waals surface area contributed by atoms with Gasteiger partial charge in [0.15, 0.2) is 0 Å². The molecule has 1 aromatic carbocycles. The molecule has 2 N–H and O–H groups in total. The molecule has 27 heavy (non-hydrogen) atoms. The minimum absolute atomic E-state index is 0.0417. The minimum atomic E-state index is -0.236. The quantitative estimate of drug-likeness (QED) is 0.825. The summed E-state index contributed by atoms with van der Waals surface area (Å²) in [5.74, 6) is -0.0602. The molecule has 1 amide bonds. The van der Waals surface area contributed by atoms with Gasteiger partial charge in [-0.2, -0.15) is 0 Å². The molecule has 0 aliphatic carbocycles. The number of piperazine rings is 1. The van der Waals surface area contributed by atoms with Crippen molar-refractivity contribution in [2.75, 3.05) is 46.3 Å². The summed E-state index contributed by atoms with van der Waals surface area (Å²) in [4.78, 5) is 19.9. The Balaban J connectivity index is 1.26. The van der Waals surface area contributed by atoms with E-state index in [0.29, 0.717) is 12.5 Å². The first-order valence-corrected chi connectivity index (χ1v) is 10.1. The van der Waals surface area contributed by atoms with E-state index >= 15 is 0 Å². The van der Waals surface area contributed by atoms with Crippen LogP contribution < -0.4 is 10.9 Å². The third-order valence-electron chi connectivity index (χ3n) is 6.30. The van der Waals surface area contributed by atoms with Gasteiger partial charge >= 0.3 is 0 Å². The van der Waals surface area contributed by atoms with Crippen LogP contribution in [-0.2, 0) is 4.79 Å². The average Bonchev–Trinajstić information content (AvgIpc) is 3.19. The molecule has 0 spiro atoms. The molecule has 3 heterocycles. The van der Waals surface area contributed by atoms with Crippen molar-refractivity contribution in [3.63, 3.8) is 0 Å². The van der Waals surface area contributed by atoms with Gasteiger partial charge in [-0.3, -0.25) is 9.69 Å². The molecule has 2 unspecified atom stereocenters. The number of benzene rings is 1. The van der Waals surface area contributed by atoms with E-state index < -0.39 is 0 Å². The van der Waals surface area contributed by atoms with Crippen molar-refractivity contribution in [2.24, 2.45) is 0 Å². The van der Waals surface area contributed by atoms with Crippen molar-refractivity contribution in [1.29, 1.82) is 0 Å². The molecular weight excluding hydrogens is 345 g/mol. The maximum Gasteiger partial charge on any atom is 0.241 e. The highest BCUT2D eigenvalue weighted by Gasteiger charge is 2.35. The van der Waals surface area contributed by atoms with Crippen LogP contribution in [0.4, 0.5) is 4.39 Å². The number of hydrazine groups is 1. The van der Waals surface area contributed by atoms with Gasteiger partial charge in [0, 0.05) is 38.3 Å². The van der Waals surface area contributed by atoms with Crippen LogP contribution in [-0.4, -0.2) is 79.0 Å². The summed E-state index contributed by atoms with van der Waals surface area (Å²) in [7, 11) is 2.19. The molecule has 3 fully saturated rings. The van der Waals surface area contributed by atoms with Crippen LogP contribution >= 0.6 is 0 Å². The molecular formula is C20H30FN5O. The lowest BCUT2D eigenvalue weighted by Gasteiger charge is -2.42. The van der Waals surface area contributed by atoms with Crippen LogP contribution in [0.15, 0.2) is 24.3 Å². The van der Waals surface area contributed by atoms with Gasteiger partial charge < -0.3 is 9.80 Å². The Morgan fingerprint density at radius 1 is 1.00 bits per heavy atom. The smallest absolute Gasteiger partial charge is 0.241 e.